The molecule has 8 heteroatoms. The lowest BCUT2D eigenvalue weighted by molar-refractivity contribution is -0.112. The summed E-state index contributed by atoms with van der Waals surface area (Å²) < 4.78 is 27.5. The second-order valence-corrected chi connectivity index (χ2v) is 8.20. The maximum Gasteiger partial charge on any atom is 0.259 e. The highest BCUT2D eigenvalue weighted by molar-refractivity contribution is 7.90. The number of hydrogen-bond donors (Lipinski definition) is 1. The first-order valence-corrected chi connectivity index (χ1v) is 10.4. The second kappa shape index (κ2) is 7.25. The highest BCUT2D eigenvalue weighted by atomic mass is 35.5. The number of aryl methyl sites for hydroxylation is 1. The lowest BCUT2D eigenvalue weighted by Gasteiger charge is -2.29. The molecule has 138 valence electrons. The van der Waals surface area contributed by atoms with Crippen LogP contribution in [0.5, 0.6) is 0 Å². The predicted octanol–water partition coefficient (Wildman–Crippen LogP) is 2.90. The molecule has 1 aromatic rings. The molecule has 0 saturated carbocycles. The second-order valence-electron chi connectivity index (χ2n) is 6.04. The Kier molecular flexibility index (Phi) is 5.20. The van der Waals surface area contributed by atoms with Gasteiger partial charge in [0, 0.05) is 23.5 Å². The van der Waals surface area contributed by atoms with Crippen LogP contribution in [0.4, 0.5) is 5.69 Å². The van der Waals surface area contributed by atoms with Crippen molar-refractivity contribution in [1.29, 1.82) is 0 Å². The Morgan fingerprint density at radius 3 is 2.77 bits per heavy atom. The standard InChI is InChI=1S/C18H20ClN3O3S/c1-3-12-7-8-15(19)13(4-2)16(12)20-18(23)14-6-5-9-22-10-11-26(24,25)21-17(14)22/h5-9H,3-4,10-11H2,1-2H3,(H,20,23). The quantitative estimate of drug-likeness (QED) is 0.853. The number of nitrogens with one attached hydrogen (secondary N) is 1. The molecule has 2 aliphatic rings. The fraction of sp³-hybridized carbons (Fsp3) is 0.333. The largest absolute Gasteiger partial charge is 0.331 e. The summed E-state index contributed by atoms with van der Waals surface area (Å²) in [6.45, 7) is 4.25. The van der Waals surface area contributed by atoms with Crippen LogP contribution < -0.4 is 5.32 Å². The van der Waals surface area contributed by atoms with Crippen LogP contribution in [0.15, 0.2) is 40.5 Å². The maximum absolute atomic E-state index is 12.9. The minimum atomic E-state index is -3.55. The number of amidine groups is 1. The van der Waals surface area contributed by atoms with Gasteiger partial charge < -0.3 is 10.2 Å². The summed E-state index contributed by atoms with van der Waals surface area (Å²) in [4.78, 5) is 14.6. The maximum atomic E-state index is 12.9. The molecule has 1 N–H and O–H groups in total. The molecule has 6 nitrogen and oxygen atoms in total. The van der Waals surface area contributed by atoms with Crippen LogP contribution >= 0.6 is 11.6 Å². The van der Waals surface area contributed by atoms with E-state index in [1.54, 1.807) is 23.3 Å². The van der Waals surface area contributed by atoms with Crippen molar-refractivity contribution in [3.63, 3.8) is 0 Å². The van der Waals surface area contributed by atoms with E-state index in [1.807, 2.05) is 26.0 Å². The SMILES string of the molecule is CCc1ccc(Cl)c(CC)c1NC(=O)C1=CC=CN2CCS(=O)(=O)N=C12. The predicted molar refractivity (Wildman–Crippen MR) is 104 cm³/mol. The van der Waals surface area contributed by atoms with Crippen LogP contribution in [0, 0.1) is 0 Å². The summed E-state index contributed by atoms with van der Waals surface area (Å²) in [7, 11) is -3.55. The van der Waals surface area contributed by atoms with Gasteiger partial charge in [0.05, 0.1) is 11.3 Å². The van der Waals surface area contributed by atoms with Crippen LogP contribution in [-0.4, -0.2) is 37.4 Å². The van der Waals surface area contributed by atoms with E-state index in [9.17, 15) is 13.2 Å². The number of nitrogens with zero attached hydrogens (tertiary/aromatic N) is 2. The van der Waals surface area contributed by atoms with Gasteiger partial charge in [-0.2, -0.15) is 0 Å². The van der Waals surface area contributed by atoms with Gasteiger partial charge >= 0.3 is 0 Å². The van der Waals surface area contributed by atoms with Crippen molar-refractivity contribution < 1.29 is 13.2 Å². The van der Waals surface area contributed by atoms with Gasteiger partial charge in [0.15, 0.2) is 5.84 Å². The zero-order chi connectivity index (χ0) is 18.9. The molecule has 0 atom stereocenters. The molecule has 0 aliphatic carbocycles. The van der Waals surface area contributed by atoms with Crippen LogP contribution in [0.1, 0.15) is 25.0 Å². The molecule has 1 aromatic carbocycles. The topological polar surface area (TPSA) is 78.8 Å². The Labute approximate surface area is 158 Å². The van der Waals surface area contributed by atoms with E-state index in [0.717, 1.165) is 17.5 Å². The number of benzene rings is 1. The van der Waals surface area contributed by atoms with Crippen molar-refractivity contribution in [3.8, 4) is 0 Å². The van der Waals surface area contributed by atoms with Gasteiger partial charge in [0.1, 0.15) is 0 Å². The molecule has 2 heterocycles. The first kappa shape index (κ1) is 18.7. The van der Waals surface area contributed by atoms with Gasteiger partial charge in [-0.15, -0.1) is 4.40 Å². The number of carbonyl (C=O) groups excluding carboxylic acids is 1. The summed E-state index contributed by atoms with van der Waals surface area (Å²) in [5.74, 6) is -0.305. The number of fused-ring (bicyclic) bond motifs is 1. The van der Waals surface area contributed by atoms with Crippen molar-refractivity contribution in [2.45, 2.75) is 26.7 Å². The summed E-state index contributed by atoms with van der Waals surface area (Å²) >= 11 is 6.29. The molecule has 0 unspecified atom stereocenters. The molecule has 1 amide bonds. The van der Waals surface area contributed by atoms with Crippen LogP contribution in [0.25, 0.3) is 0 Å². The molecule has 2 aliphatic heterocycles. The summed E-state index contributed by atoms with van der Waals surface area (Å²) in [5.41, 5.74) is 2.75. The van der Waals surface area contributed by atoms with E-state index in [2.05, 4.69) is 9.71 Å². The highest BCUT2D eigenvalue weighted by Crippen LogP contribution is 2.30. The van der Waals surface area contributed by atoms with Gasteiger partial charge in [-0.3, -0.25) is 4.79 Å². The molecular weight excluding hydrogens is 374 g/mol. The Hall–Kier alpha value is -2.12. The third kappa shape index (κ3) is 3.54. The van der Waals surface area contributed by atoms with Crippen molar-refractivity contribution in [2.75, 3.05) is 17.6 Å². The molecule has 0 spiro atoms. The number of halogens is 1. The minimum Gasteiger partial charge on any atom is -0.331 e. The van der Waals surface area contributed by atoms with E-state index in [1.165, 1.54) is 0 Å². The van der Waals surface area contributed by atoms with Gasteiger partial charge in [-0.25, -0.2) is 8.42 Å². The average molecular weight is 394 g/mol. The Balaban J connectivity index is 1.99. The van der Waals surface area contributed by atoms with Gasteiger partial charge in [0.25, 0.3) is 15.9 Å². The fourth-order valence-electron chi connectivity index (χ4n) is 3.04. The molecule has 0 fully saturated rings. The normalized spacial score (nSPS) is 18.0. The van der Waals surface area contributed by atoms with Crippen LogP contribution in [0.2, 0.25) is 5.02 Å². The summed E-state index contributed by atoms with van der Waals surface area (Å²) in [5, 5.41) is 3.52. The molecular formula is C18H20ClN3O3S. The lowest BCUT2D eigenvalue weighted by Crippen LogP contribution is -2.41. The zero-order valence-electron chi connectivity index (χ0n) is 14.6. The molecule has 0 radical (unpaired) electrons. The number of carbonyl (C=O) groups is 1. The van der Waals surface area contributed by atoms with Gasteiger partial charge in [0.2, 0.25) is 0 Å². The van der Waals surface area contributed by atoms with Gasteiger partial charge in [-0.1, -0.05) is 31.5 Å². The highest BCUT2D eigenvalue weighted by Gasteiger charge is 2.30. The van der Waals surface area contributed by atoms with Crippen molar-refractivity contribution >= 4 is 39.1 Å². The number of amides is 1. The smallest absolute Gasteiger partial charge is 0.259 e. The molecule has 0 saturated heterocycles. The van der Waals surface area contributed by atoms with Crippen LogP contribution in [-0.2, 0) is 27.7 Å². The van der Waals surface area contributed by atoms with E-state index >= 15 is 0 Å². The molecule has 26 heavy (non-hydrogen) atoms. The van der Waals surface area contributed by atoms with Crippen molar-refractivity contribution in [2.24, 2.45) is 4.40 Å². The van der Waals surface area contributed by atoms with Crippen molar-refractivity contribution in [1.82, 2.24) is 4.90 Å². The monoisotopic (exact) mass is 393 g/mol. The van der Waals surface area contributed by atoms with Crippen molar-refractivity contribution in [3.05, 3.63) is 52.2 Å². The third-order valence-electron chi connectivity index (χ3n) is 4.42. The first-order valence-electron chi connectivity index (χ1n) is 8.46. The Bertz CT molecular complexity index is 949. The third-order valence-corrected chi connectivity index (χ3v) is 5.92. The average Bonchev–Trinajstić information content (AvgIpc) is 2.61. The Morgan fingerprint density at radius 1 is 1.31 bits per heavy atom. The van der Waals surface area contributed by atoms with E-state index < -0.39 is 15.9 Å². The zero-order valence-corrected chi connectivity index (χ0v) is 16.2. The number of hydrogen-bond acceptors (Lipinski definition) is 4. The van der Waals surface area contributed by atoms with Crippen LogP contribution in [0.3, 0.4) is 0 Å². The summed E-state index contributed by atoms with van der Waals surface area (Å²) in [6.07, 6.45) is 6.42. The summed E-state index contributed by atoms with van der Waals surface area (Å²) in [6, 6.07) is 3.72. The lowest BCUT2D eigenvalue weighted by atomic mass is 10.0. The fourth-order valence-corrected chi connectivity index (χ4v) is 4.32. The van der Waals surface area contributed by atoms with E-state index in [0.29, 0.717) is 17.1 Å². The first-order chi connectivity index (χ1) is 12.4. The number of sulfonamides is 1. The molecule has 0 aromatic heterocycles. The van der Waals surface area contributed by atoms with Gasteiger partial charge in [-0.05, 0) is 42.2 Å². The number of allylic oxidation sites excluding steroid dienone is 2. The Morgan fingerprint density at radius 2 is 2.08 bits per heavy atom. The van der Waals surface area contributed by atoms with E-state index in [4.69, 9.17) is 11.6 Å². The number of rotatable bonds is 4. The minimum absolute atomic E-state index is 0.0655. The number of anilines is 1. The molecule has 3 rings (SSSR count). The molecule has 0 bridgehead atoms. The van der Waals surface area contributed by atoms with E-state index in [-0.39, 0.29) is 23.7 Å².